The summed E-state index contributed by atoms with van der Waals surface area (Å²) in [6.45, 7) is 2.23. The molecule has 1 saturated carbocycles. The topological polar surface area (TPSA) is 54.4 Å². The molecular weight excluding hydrogens is 320 g/mol. The van der Waals surface area contributed by atoms with Gasteiger partial charge in [0.25, 0.3) is 0 Å². The lowest BCUT2D eigenvalue weighted by molar-refractivity contribution is 0.260. The molecule has 2 atom stereocenters. The first-order chi connectivity index (χ1) is 11.5. The van der Waals surface area contributed by atoms with Crippen LogP contribution in [0.5, 0.6) is 0 Å². The van der Waals surface area contributed by atoms with Gasteiger partial charge in [-0.15, -0.1) is 0 Å². The molecule has 0 aromatic heterocycles. The van der Waals surface area contributed by atoms with Gasteiger partial charge in [-0.2, -0.15) is 0 Å². The highest BCUT2D eigenvalue weighted by Gasteiger charge is 2.62. The molecule has 0 amide bonds. The largest absolute Gasteiger partial charge is 0.391 e. The van der Waals surface area contributed by atoms with E-state index in [9.17, 15) is 13.5 Å². The molecule has 4 heteroatoms. The Morgan fingerprint density at radius 3 is 1.96 bits per heavy atom. The number of benzene rings is 1. The van der Waals surface area contributed by atoms with Gasteiger partial charge in [0.1, 0.15) is 4.75 Å². The number of rotatable bonds is 12. The average Bonchev–Trinajstić information content (AvgIpc) is 3.26. The first-order valence-electron chi connectivity index (χ1n) is 9.52. The minimum Gasteiger partial charge on any atom is -0.391 e. The van der Waals surface area contributed by atoms with E-state index in [1.54, 1.807) is 24.3 Å². The van der Waals surface area contributed by atoms with Crippen LogP contribution < -0.4 is 0 Å². The summed E-state index contributed by atoms with van der Waals surface area (Å²) in [5.74, 6) is 0. The summed E-state index contributed by atoms with van der Waals surface area (Å²) in [4.78, 5) is 0.345. The van der Waals surface area contributed by atoms with Crippen molar-refractivity contribution in [2.24, 2.45) is 0 Å². The summed E-state index contributed by atoms with van der Waals surface area (Å²) in [5.41, 5.74) is 0. The van der Waals surface area contributed by atoms with Crippen LogP contribution in [0, 0.1) is 0 Å². The summed E-state index contributed by atoms with van der Waals surface area (Å²) in [6, 6.07) is 8.58. The second kappa shape index (κ2) is 9.00. The van der Waals surface area contributed by atoms with E-state index in [0.717, 1.165) is 12.8 Å². The van der Waals surface area contributed by atoms with Crippen LogP contribution in [0.15, 0.2) is 35.2 Å². The van der Waals surface area contributed by atoms with Crippen molar-refractivity contribution in [2.75, 3.05) is 0 Å². The van der Waals surface area contributed by atoms with Crippen LogP contribution in [0.3, 0.4) is 0 Å². The number of unbranched alkanes of at least 4 members (excludes halogenated alkanes) is 8. The average molecular weight is 353 g/mol. The molecule has 2 rings (SSSR count). The highest BCUT2D eigenvalue weighted by Crippen LogP contribution is 2.50. The van der Waals surface area contributed by atoms with Crippen LogP contribution in [0.25, 0.3) is 0 Å². The van der Waals surface area contributed by atoms with Gasteiger partial charge >= 0.3 is 0 Å². The maximum absolute atomic E-state index is 12.8. The highest BCUT2D eigenvalue weighted by atomic mass is 32.2. The maximum Gasteiger partial charge on any atom is 0.186 e. The van der Waals surface area contributed by atoms with E-state index in [-0.39, 0.29) is 0 Å². The molecule has 0 spiro atoms. The van der Waals surface area contributed by atoms with Crippen molar-refractivity contribution in [1.82, 2.24) is 0 Å². The van der Waals surface area contributed by atoms with E-state index in [0.29, 0.717) is 17.7 Å². The van der Waals surface area contributed by atoms with Crippen molar-refractivity contribution in [3.8, 4) is 0 Å². The minimum atomic E-state index is -3.43. The SMILES string of the molecule is CCCCCCCCCCCC1(S(=O)(=O)c2ccccc2)CC1O. The molecule has 2 unspecified atom stereocenters. The van der Waals surface area contributed by atoms with Gasteiger partial charge in [-0.25, -0.2) is 8.42 Å². The Labute approximate surface area is 147 Å². The van der Waals surface area contributed by atoms with Gasteiger partial charge in [0, 0.05) is 0 Å². The summed E-state index contributed by atoms with van der Waals surface area (Å²) in [7, 11) is -3.43. The van der Waals surface area contributed by atoms with Crippen molar-refractivity contribution < 1.29 is 13.5 Å². The minimum absolute atomic E-state index is 0.345. The van der Waals surface area contributed by atoms with Gasteiger partial charge in [0.05, 0.1) is 11.0 Å². The Hall–Kier alpha value is -0.870. The highest BCUT2D eigenvalue weighted by molar-refractivity contribution is 7.93. The molecule has 0 aliphatic heterocycles. The fourth-order valence-electron chi connectivity index (χ4n) is 3.53. The standard InChI is InChI=1S/C20H32O3S/c1-2-3-4-5-6-7-8-9-13-16-20(17-19(20)21)24(22,23)18-14-11-10-12-15-18/h10-12,14-15,19,21H,2-9,13,16-17H2,1H3. The molecule has 3 nitrogen and oxygen atoms in total. The van der Waals surface area contributed by atoms with Crippen molar-refractivity contribution >= 4 is 9.84 Å². The normalized spacial score (nSPS) is 23.3. The molecule has 136 valence electrons. The van der Waals surface area contributed by atoms with Crippen molar-refractivity contribution in [3.05, 3.63) is 30.3 Å². The van der Waals surface area contributed by atoms with Crippen LogP contribution >= 0.6 is 0 Å². The molecular formula is C20H32O3S. The zero-order chi connectivity index (χ0) is 17.5. The first kappa shape index (κ1) is 19.5. The lowest BCUT2D eigenvalue weighted by Crippen LogP contribution is -2.27. The van der Waals surface area contributed by atoms with Crippen LogP contribution in [0.2, 0.25) is 0 Å². The van der Waals surface area contributed by atoms with Crippen molar-refractivity contribution in [3.63, 3.8) is 0 Å². The predicted octanol–water partition coefficient (Wildman–Crippen LogP) is 4.88. The van der Waals surface area contributed by atoms with E-state index in [1.165, 1.54) is 44.9 Å². The van der Waals surface area contributed by atoms with E-state index >= 15 is 0 Å². The third kappa shape index (κ3) is 4.60. The zero-order valence-corrected chi connectivity index (χ0v) is 15.7. The quantitative estimate of drug-likeness (QED) is 0.545. The van der Waals surface area contributed by atoms with E-state index in [1.807, 2.05) is 6.07 Å². The van der Waals surface area contributed by atoms with Crippen LogP contribution in [-0.4, -0.2) is 24.4 Å². The second-order valence-electron chi connectivity index (χ2n) is 7.18. The Bertz CT molecular complexity index is 582. The molecule has 1 N–H and O–H groups in total. The number of sulfone groups is 1. The van der Waals surface area contributed by atoms with E-state index < -0.39 is 20.7 Å². The van der Waals surface area contributed by atoms with Crippen molar-refractivity contribution in [2.45, 2.75) is 93.3 Å². The summed E-state index contributed by atoms with van der Waals surface area (Å²) in [6.07, 6.45) is 11.2. The zero-order valence-electron chi connectivity index (χ0n) is 14.9. The van der Waals surface area contributed by atoms with E-state index in [2.05, 4.69) is 6.92 Å². The molecule has 1 aromatic carbocycles. The van der Waals surface area contributed by atoms with Crippen LogP contribution in [0.1, 0.15) is 77.6 Å². The Balaban J connectivity index is 1.75. The van der Waals surface area contributed by atoms with Crippen molar-refractivity contribution in [1.29, 1.82) is 0 Å². The summed E-state index contributed by atoms with van der Waals surface area (Å²) >= 11 is 0. The monoisotopic (exact) mass is 352 g/mol. The first-order valence-corrected chi connectivity index (χ1v) is 11.0. The summed E-state index contributed by atoms with van der Waals surface area (Å²) < 4.78 is 24.7. The lowest BCUT2D eigenvalue weighted by Gasteiger charge is -2.17. The van der Waals surface area contributed by atoms with Gasteiger partial charge in [-0.1, -0.05) is 82.9 Å². The summed E-state index contributed by atoms with van der Waals surface area (Å²) in [5, 5.41) is 10.0. The van der Waals surface area contributed by atoms with E-state index in [4.69, 9.17) is 0 Å². The Morgan fingerprint density at radius 1 is 0.958 bits per heavy atom. The van der Waals surface area contributed by atoms with Crippen LogP contribution in [0.4, 0.5) is 0 Å². The fourth-order valence-corrected chi connectivity index (χ4v) is 5.66. The molecule has 1 aliphatic carbocycles. The molecule has 0 heterocycles. The maximum atomic E-state index is 12.8. The smallest absolute Gasteiger partial charge is 0.186 e. The van der Waals surface area contributed by atoms with Gasteiger partial charge in [-0.3, -0.25) is 0 Å². The molecule has 1 aliphatic rings. The van der Waals surface area contributed by atoms with Gasteiger partial charge in [0.15, 0.2) is 9.84 Å². The second-order valence-corrected chi connectivity index (χ2v) is 9.47. The van der Waals surface area contributed by atoms with Gasteiger partial charge in [-0.05, 0) is 25.0 Å². The number of aliphatic hydroxyl groups is 1. The van der Waals surface area contributed by atoms with Crippen LogP contribution in [-0.2, 0) is 9.84 Å². The number of hydrogen-bond donors (Lipinski definition) is 1. The molecule has 0 bridgehead atoms. The van der Waals surface area contributed by atoms with Gasteiger partial charge in [0.2, 0.25) is 0 Å². The Morgan fingerprint density at radius 2 is 1.46 bits per heavy atom. The Kier molecular flexibility index (Phi) is 7.30. The van der Waals surface area contributed by atoms with Gasteiger partial charge < -0.3 is 5.11 Å². The molecule has 0 saturated heterocycles. The molecule has 0 radical (unpaired) electrons. The third-order valence-corrected chi connectivity index (χ3v) is 7.88. The fraction of sp³-hybridized carbons (Fsp3) is 0.700. The number of hydrogen-bond acceptors (Lipinski definition) is 3. The molecule has 1 aromatic rings. The molecule has 1 fully saturated rings. The third-order valence-electron chi connectivity index (χ3n) is 5.28. The number of aliphatic hydroxyl groups excluding tert-OH is 1. The predicted molar refractivity (Wildman–Crippen MR) is 98.8 cm³/mol. The molecule has 24 heavy (non-hydrogen) atoms. The lowest BCUT2D eigenvalue weighted by atomic mass is 10.1.